The fourth-order valence-corrected chi connectivity index (χ4v) is 9.43. The molecule has 0 radical (unpaired) electrons. The molecule has 5 heterocycles. The van der Waals surface area contributed by atoms with Gasteiger partial charge in [0.25, 0.3) is 11.8 Å². The van der Waals surface area contributed by atoms with Crippen molar-refractivity contribution in [1.82, 2.24) is 25.0 Å². The van der Waals surface area contributed by atoms with Crippen molar-refractivity contribution in [3.8, 4) is 0 Å². The topological polar surface area (TPSA) is 118 Å². The third-order valence-electron chi connectivity index (χ3n) is 11.8. The van der Waals surface area contributed by atoms with Crippen LogP contribution in [0.2, 0.25) is 0 Å². The van der Waals surface area contributed by atoms with Crippen LogP contribution in [0.3, 0.4) is 0 Å². The first-order valence-electron chi connectivity index (χ1n) is 17.2. The second kappa shape index (κ2) is 11.1. The second-order valence-corrected chi connectivity index (χ2v) is 14.4. The van der Waals surface area contributed by atoms with Gasteiger partial charge in [0.2, 0.25) is 17.5 Å². The number of hydrogen-bond acceptors (Lipinski definition) is 6. The molecule has 3 aromatic rings. The maximum atomic E-state index is 14.5. The van der Waals surface area contributed by atoms with Crippen LogP contribution in [0, 0.1) is 5.92 Å². The van der Waals surface area contributed by atoms with Crippen LogP contribution in [-0.4, -0.2) is 84.9 Å². The molecule has 7 atom stereocenters. The Bertz CT molecular complexity index is 1820. The average Bonchev–Trinajstić information content (AvgIpc) is 3.80. The highest BCUT2D eigenvalue weighted by Crippen LogP contribution is 2.52. The molecule has 3 amide bonds. The first kappa shape index (κ1) is 30.9. The fraction of sp³-hybridized carbons (Fsp3) is 0.447. The van der Waals surface area contributed by atoms with Gasteiger partial charge in [0.15, 0.2) is 0 Å². The summed E-state index contributed by atoms with van der Waals surface area (Å²) in [5.41, 5.74) is 2.35. The highest BCUT2D eigenvalue weighted by atomic mass is 16.7. The molecule has 8 rings (SSSR count). The number of piperazine rings is 1. The number of aliphatic hydroxyl groups is 1. The van der Waals surface area contributed by atoms with E-state index in [-0.39, 0.29) is 23.3 Å². The summed E-state index contributed by atoms with van der Waals surface area (Å²) in [7, 11) is 0. The molecule has 4 saturated heterocycles. The van der Waals surface area contributed by atoms with Gasteiger partial charge in [0.05, 0.1) is 5.92 Å². The summed E-state index contributed by atoms with van der Waals surface area (Å²) in [5, 5.41) is 16.4. The summed E-state index contributed by atoms with van der Waals surface area (Å²) in [6, 6.07) is 14.6. The van der Waals surface area contributed by atoms with Gasteiger partial charge in [-0.3, -0.25) is 24.0 Å². The predicted octanol–water partition coefficient (Wildman–Crippen LogP) is 3.93. The smallest absolute Gasteiger partial charge is 0.285 e. The number of aromatic nitrogens is 1. The van der Waals surface area contributed by atoms with E-state index in [1.807, 2.05) is 42.6 Å². The third kappa shape index (κ3) is 4.34. The number of carbonyl (C=O) groups excluding carboxylic acids is 3. The molecule has 10 nitrogen and oxygen atoms in total. The summed E-state index contributed by atoms with van der Waals surface area (Å²) in [4.78, 5) is 51.1. The Labute approximate surface area is 280 Å². The molecule has 1 aromatic heterocycles. The summed E-state index contributed by atoms with van der Waals surface area (Å²) >= 11 is 0. The van der Waals surface area contributed by atoms with E-state index >= 15 is 0 Å². The van der Waals surface area contributed by atoms with E-state index in [1.165, 1.54) is 27.5 Å². The van der Waals surface area contributed by atoms with Crippen molar-refractivity contribution in [3.63, 3.8) is 0 Å². The first-order valence-corrected chi connectivity index (χ1v) is 17.2. The Balaban J connectivity index is 1.08. The van der Waals surface area contributed by atoms with Gasteiger partial charge in [-0.25, -0.2) is 0 Å². The number of likely N-dealkylation sites (tertiary alicyclic amines) is 1. The largest absolute Gasteiger partial charge is 0.371 e. The second-order valence-electron chi connectivity index (χ2n) is 14.4. The van der Waals surface area contributed by atoms with Crippen molar-refractivity contribution < 1.29 is 24.2 Å². The molecule has 1 aliphatic carbocycles. The minimum absolute atomic E-state index is 0.0288. The third-order valence-corrected chi connectivity index (χ3v) is 11.8. The van der Waals surface area contributed by atoms with Crippen LogP contribution in [0.25, 0.3) is 10.9 Å². The number of aryl methyl sites for hydroxylation is 1. The normalized spacial score (nSPS) is 33.8. The number of carbonyl (C=O) groups is 3. The molecule has 2 aromatic carbocycles. The van der Waals surface area contributed by atoms with Crippen LogP contribution in [0.1, 0.15) is 61.6 Å². The van der Waals surface area contributed by atoms with Gasteiger partial charge in [-0.2, -0.15) is 0 Å². The molecule has 250 valence electrons. The zero-order valence-corrected chi connectivity index (χ0v) is 27.4. The number of rotatable bonds is 8. The van der Waals surface area contributed by atoms with Crippen molar-refractivity contribution in [1.29, 1.82) is 0 Å². The zero-order chi connectivity index (χ0) is 33.4. The lowest BCUT2D eigenvalue weighted by atomic mass is 9.64. The monoisotopic (exact) mass is 649 g/mol. The fourth-order valence-electron chi connectivity index (χ4n) is 9.43. The summed E-state index contributed by atoms with van der Waals surface area (Å²) in [5.74, 6) is -3.81. The standard InChI is InChI=1S/C38H43N5O5/c1-4-37(40-33(44)25-20-28-27-15-10-16-29-32(27)26(22-39-29)21-36(28,3)41(5-2)23-25)35(46)43-30(17-9-14-24-12-7-6-8-13-24)34(45)42-19-11-18-31(42)38(43,47)48-37/h4-8,10,12-13,15-16,22,25,28,30-31,39,47H,1-2,9,11,14,17-21,23H2,3H3,(H,40,44)/t25-,28-,30-,31+,36-,37-,38+/m1/s1. The van der Waals surface area contributed by atoms with Crippen LogP contribution < -0.4 is 5.32 Å². The van der Waals surface area contributed by atoms with E-state index in [1.54, 1.807) is 4.90 Å². The molecule has 0 unspecified atom stereocenters. The maximum Gasteiger partial charge on any atom is 0.285 e. The highest BCUT2D eigenvalue weighted by Gasteiger charge is 2.70. The van der Waals surface area contributed by atoms with Gasteiger partial charge >= 0.3 is 0 Å². The first-order chi connectivity index (χ1) is 23.1. The molecule has 0 bridgehead atoms. The Morgan fingerprint density at radius 3 is 2.75 bits per heavy atom. The lowest BCUT2D eigenvalue weighted by molar-refractivity contribution is -0.312. The Hall–Kier alpha value is -4.41. The van der Waals surface area contributed by atoms with Gasteiger partial charge in [-0.05, 0) is 86.9 Å². The van der Waals surface area contributed by atoms with Crippen LogP contribution in [0.5, 0.6) is 0 Å². The number of piperidine rings is 1. The summed E-state index contributed by atoms with van der Waals surface area (Å²) < 4.78 is 6.33. The zero-order valence-electron chi connectivity index (χ0n) is 27.4. The minimum Gasteiger partial charge on any atom is -0.371 e. The number of nitrogens with zero attached hydrogens (tertiary/aromatic N) is 3. The van der Waals surface area contributed by atoms with Crippen molar-refractivity contribution in [2.24, 2.45) is 5.92 Å². The highest BCUT2D eigenvalue weighted by molar-refractivity contribution is 5.98. The van der Waals surface area contributed by atoms with Crippen molar-refractivity contribution >= 4 is 28.6 Å². The average molecular weight is 650 g/mol. The molecule has 4 fully saturated rings. The summed E-state index contributed by atoms with van der Waals surface area (Å²) in [6.45, 7) is 11.1. The molecule has 5 aliphatic rings. The summed E-state index contributed by atoms with van der Waals surface area (Å²) in [6.07, 6.45) is 9.39. The Morgan fingerprint density at radius 1 is 1.17 bits per heavy atom. The van der Waals surface area contributed by atoms with Gasteiger partial charge < -0.3 is 25.2 Å². The lowest BCUT2D eigenvalue weighted by Gasteiger charge is -2.54. The van der Waals surface area contributed by atoms with Gasteiger partial charge in [-0.15, -0.1) is 0 Å². The van der Waals surface area contributed by atoms with Crippen LogP contribution in [0.15, 0.2) is 80.2 Å². The van der Waals surface area contributed by atoms with Crippen molar-refractivity contribution in [2.45, 2.75) is 87.0 Å². The van der Waals surface area contributed by atoms with E-state index in [4.69, 9.17) is 4.74 Å². The molecule has 0 saturated carbocycles. The molecular weight excluding hydrogens is 606 g/mol. The molecular formula is C38H43N5O5. The van der Waals surface area contributed by atoms with Crippen molar-refractivity contribution in [2.75, 3.05) is 13.1 Å². The van der Waals surface area contributed by atoms with E-state index in [2.05, 4.69) is 53.6 Å². The molecule has 0 spiro atoms. The number of ether oxygens (including phenoxy) is 1. The number of benzene rings is 2. The maximum absolute atomic E-state index is 14.5. The van der Waals surface area contributed by atoms with E-state index in [0.29, 0.717) is 45.2 Å². The number of aromatic amines is 1. The molecule has 48 heavy (non-hydrogen) atoms. The predicted molar refractivity (Wildman–Crippen MR) is 180 cm³/mol. The SMILES string of the molecule is C=CN1C[C@H](C(=O)N[C@]2(C=C)O[C@@]3(O)[C@@H]4CCCN4C(=O)[C@@H](CCCc4ccccc4)N3C2=O)C[C@@H]2c3cccc4[nH]cc(c34)C[C@]21C. The van der Waals surface area contributed by atoms with Gasteiger partial charge in [-0.1, -0.05) is 55.6 Å². The molecule has 4 aliphatic heterocycles. The number of fused-ring (bicyclic) bond motifs is 5. The molecule has 3 N–H and O–H groups in total. The quantitative estimate of drug-likeness (QED) is 0.319. The van der Waals surface area contributed by atoms with E-state index in [9.17, 15) is 19.5 Å². The number of H-pyrrole nitrogens is 1. The van der Waals surface area contributed by atoms with Gasteiger partial charge in [0.1, 0.15) is 12.1 Å². The number of nitrogens with one attached hydrogen (secondary N) is 2. The number of hydrogen-bond donors (Lipinski definition) is 3. The lowest BCUT2D eigenvalue weighted by Crippen LogP contribution is -2.71. The van der Waals surface area contributed by atoms with Crippen LogP contribution in [0.4, 0.5) is 0 Å². The van der Waals surface area contributed by atoms with Crippen LogP contribution in [-0.2, 0) is 32.0 Å². The van der Waals surface area contributed by atoms with Crippen molar-refractivity contribution in [3.05, 3.63) is 96.9 Å². The Morgan fingerprint density at radius 2 is 1.98 bits per heavy atom. The minimum atomic E-state index is -2.09. The van der Waals surface area contributed by atoms with Crippen LogP contribution >= 0.6 is 0 Å². The van der Waals surface area contributed by atoms with E-state index < -0.39 is 35.5 Å². The Kier molecular flexibility index (Phi) is 7.12. The van der Waals surface area contributed by atoms with E-state index in [0.717, 1.165) is 23.9 Å². The number of amides is 3. The molecule has 10 heteroatoms. The van der Waals surface area contributed by atoms with Gasteiger partial charge in [0, 0.05) is 41.6 Å².